The number of fused-ring (bicyclic) bond motifs is 1. The van der Waals surface area contributed by atoms with Gasteiger partial charge in [0, 0.05) is 58.4 Å². The molecule has 8 nitrogen and oxygen atoms in total. The molecule has 0 unspecified atom stereocenters. The van der Waals surface area contributed by atoms with Gasteiger partial charge in [0.1, 0.15) is 24.3 Å². The maximum Gasteiger partial charge on any atom is 0.337 e. The molecule has 0 bridgehead atoms. The average molecular weight is 510 g/mol. The van der Waals surface area contributed by atoms with Crippen molar-refractivity contribution >= 4 is 22.7 Å². The third-order valence-corrected chi connectivity index (χ3v) is 7.41. The Labute approximate surface area is 219 Å². The molecule has 8 heteroatoms. The van der Waals surface area contributed by atoms with Crippen LogP contribution < -0.4 is 10.1 Å². The van der Waals surface area contributed by atoms with Crippen molar-refractivity contribution in [2.45, 2.75) is 38.2 Å². The van der Waals surface area contributed by atoms with E-state index < -0.39 is 11.9 Å². The number of carbonyl (C=O) groups excluding carboxylic acids is 2. The number of aromatic nitrogens is 2. The maximum absolute atomic E-state index is 13.9. The van der Waals surface area contributed by atoms with Crippen LogP contribution in [0.25, 0.3) is 10.9 Å². The summed E-state index contributed by atoms with van der Waals surface area (Å²) in [6, 6.07) is 17.3. The number of methoxy groups -OCH3 is 1. The van der Waals surface area contributed by atoms with E-state index in [1.165, 1.54) is 6.26 Å². The van der Waals surface area contributed by atoms with Crippen LogP contribution in [-0.2, 0) is 20.9 Å². The number of ether oxygens (including phenoxy) is 2. The van der Waals surface area contributed by atoms with Crippen molar-refractivity contribution in [2.24, 2.45) is 0 Å². The molecular formula is C30H27N3O5. The lowest BCUT2D eigenvalue weighted by Gasteiger charge is -2.37. The monoisotopic (exact) mass is 509 g/mol. The highest BCUT2D eigenvalue weighted by Crippen LogP contribution is 2.48. The topological polar surface area (TPSA) is 106 Å². The van der Waals surface area contributed by atoms with E-state index in [-0.39, 0.29) is 18.3 Å². The molecule has 3 heterocycles. The van der Waals surface area contributed by atoms with Crippen molar-refractivity contribution in [1.29, 1.82) is 0 Å². The summed E-state index contributed by atoms with van der Waals surface area (Å²) in [5.41, 5.74) is 5.87. The van der Waals surface area contributed by atoms with Crippen molar-refractivity contribution in [3.8, 4) is 5.75 Å². The second kappa shape index (κ2) is 9.70. The SMILES string of the molecule is COc1ccccc1[C@H]1CC(=O)C2=C(C1)NC(C)=C(C(=O)OCc1ccon1)[C@H]2c1cccc2[nH]ccc12. The first kappa shape index (κ1) is 23.8. The van der Waals surface area contributed by atoms with Crippen molar-refractivity contribution < 1.29 is 23.6 Å². The number of allylic oxidation sites excluding steroid dienone is 3. The number of hydrogen-bond acceptors (Lipinski definition) is 7. The first-order valence-electron chi connectivity index (χ1n) is 12.5. The smallest absolute Gasteiger partial charge is 0.337 e. The Morgan fingerprint density at radius 2 is 1.92 bits per heavy atom. The largest absolute Gasteiger partial charge is 0.496 e. The van der Waals surface area contributed by atoms with Gasteiger partial charge in [0.15, 0.2) is 5.78 Å². The molecule has 2 aromatic heterocycles. The minimum atomic E-state index is -0.568. The number of nitrogens with one attached hydrogen (secondary N) is 2. The molecule has 1 aliphatic carbocycles. The molecule has 6 rings (SSSR count). The van der Waals surface area contributed by atoms with Crippen LogP contribution in [0.1, 0.15) is 48.4 Å². The molecule has 0 saturated carbocycles. The predicted octanol–water partition coefficient (Wildman–Crippen LogP) is 5.27. The fourth-order valence-electron chi connectivity index (χ4n) is 5.73. The highest BCUT2D eigenvalue weighted by molar-refractivity contribution is 6.05. The van der Waals surface area contributed by atoms with Gasteiger partial charge in [-0.2, -0.15) is 0 Å². The average Bonchev–Trinajstić information content (AvgIpc) is 3.63. The quantitative estimate of drug-likeness (QED) is 0.341. The number of carbonyl (C=O) groups is 2. The van der Waals surface area contributed by atoms with Crippen molar-refractivity contribution in [2.75, 3.05) is 7.11 Å². The van der Waals surface area contributed by atoms with E-state index in [1.54, 1.807) is 13.2 Å². The van der Waals surface area contributed by atoms with Crippen LogP contribution in [0.2, 0.25) is 0 Å². The Morgan fingerprint density at radius 3 is 2.74 bits per heavy atom. The summed E-state index contributed by atoms with van der Waals surface area (Å²) in [4.78, 5) is 30.8. The lowest BCUT2D eigenvalue weighted by Crippen LogP contribution is -2.36. The molecule has 2 atom stereocenters. The summed E-state index contributed by atoms with van der Waals surface area (Å²) in [6.07, 6.45) is 4.24. The van der Waals surface area contributed by atoms with E-state index in [0.29, 0.717) is 35.4 Å². The van der Waals surface area contributed by atoms with Gasteiger partial charge in [0.25, 0.3) is 0 Å². The third-order valence-electron chi connectivity index (χ3n) is 7.41. The van der Waals surface area contributed by atoms with Crippen LogP contribution in [0, 0.1) is 0 Å². The Morgan fingerprint density at radius 1 is 1.08 bits per heavy atom. The number of H-pyrrole nitrogens is 1. The van der Waals surface area contributed by atoms with E-state index in [1.807, 2.05) is 61.7 Å². The molecule has 0 amide bonds. The van der Waals surface area contributed by atoms with Crippen molar-refractivity contribution in [1.82, 2.24) is 15.5 Å². The summed E-state index contributed by atoms with van der Waals surface area (Å²) < 4.78 is 16.1. The number of rotatable bonds is 6. The van der Waals surface area contributed by atoms with E-state index in [4.69, 9.17) is 14.0 Å². The number of esters is 1. The number of hydrogen-bond donors (Lipinski definition) is 2. The number of Topliss-reactive ketones (excluding diaryl/α,β-unsaturated/α-hetero) is 1. The third kappa shape index (κ3) is 4.08. The number of nitrogens with zero attached hydrogens (tertiary/aromatic N) is 1. The highest BCUT2D eigenvalue weighted by Gasteiger charge is 2.42. The summed E-state index contributed by atoms with van der Waals surface area (Å²) >= 11 is 0. The summed E-state index contributed by atoms with van der Waals surface area (Å²) in [5, 5.41) is 8.20. The van der Waals surface area contributed by atoms with Crippen LogP contribution in [0.3, 0.4) is 0 Å². The lowest BCUT2D eigenvalue weighted by atomic mass is 9.71. The minimum absolute atomic E-state index is 0.00139. The van der Waals surface area contributed by atoms with E-state index in [2.05, 4.69) is 15.5 Å². The zero-order chi connectivity index (χ0) is 26.2. The molecule has 0 radical (unpaired) electrons. The second-order valence-corrected chi connectivity index (χ2v) is 9.61. The Kier molecular flexibility index (Phi) is 6.07. The van der Waals surface area contributed by atoms with Gasteiger partial charge in [-0.25, -0.2) is 4.79 Å². The highest BCUT2D eigenvalue weighted by atomic mass is 16.5. The molecule has 0 spiro atoms. The van der Waals surface area contributed by atoms with Gasteiger partial charge in [-0.05, 0) is 42.7 Å². The fraction of sp³-hybridized carbons (Fsp3) is 0.233. The normalized spacial score (nSPS) is 19.4. The Bertz CT molecular complexity index is 1590. The van der Waals surface area contributed by atoms with E-state index >= 15 is 0 Å². The van der Waals surface area contributed by atoms with Crippen LogP contribution >= 0.6 is 0 Å². The van der Waals surface area contributed by atoms with Crippen LogP contribution in [0.15, 0.2) is 94.1 Å². The standard InChI is InChI=1S/C30H27N3O5/c1-17-27(30(35)37-16-19-11-13-38-33-19)28(22-7-5-8-23-21(22)10-12-31-23)29-24(32-17)14-18(15-25(29)34)20-6-3-4-9-26(20)36-2/h3-13,18,28,31-32H,14-16H2,1-2H3/t18-,28-/m1/s1. The van der Waals surface area contributed by atoms with Gasteiger partial charge in [-0.1, -0.05) is 35.5 Å². The molecule has 2 aromatic carbocycles. The summed E-state index contributed by atoms with van der Waals surface area (Å²) in [5.74, 6) is -0.338. The molecule has 0 fully saturated rings. The van der Waals surface area contributed by atoms with Crippen LogP contribution in [0.4, 0.5) is 0 Å². The number of dihydropyridines is 1. The van der Waals surface area contributed by atoms with E-state index in [0.717, 1.165) is 33.5 Å². The zero-order valence-corrected chi connectivity index (χ0v) is 21.1. The van der Waals surface area contributed by atoms with Gasteiger partial charge < -0.3 is 24.3 Å². The number of ketones is 1. The van der Waals surface area contributed by atoms with Crippen molar-refractivity contribution in [3.05, 3.63) is 106 Å². The van der Waals surface area contributed by atoms with Crippen molar-refractivity contribution in [3.63, 3.8) is 0 Å². The van der Waals surface area contributed by atoms with Crippen LogP contribution in [-0.4, -0.2) is 29.0 Å². The second-order valence-electron chi connectivity index (χ2n) is 9.61. The van der Waals surface area contributed by atoms with E-state index in [9.17, 15) is 9.59 Å². The lowest BCUT2D eigenvalue weighted by molar-refractivity contribution is -0.140. The number of aromatic amines is 1. The molecule has 2 aliphatic rings. The van der Waals surface area contributed by atoms with Crippen LogP contribution in [0.5, 0.6) is 5.75 Å². The molecule has 38 heavy (non-hydrogen) atoms. The molecule has 192 valence electrons. The molecule has 2 N–H and O–H groups in total. The Hall–Kier alpha value is -4.59. The van der Waals surface area contributed by atoms with Gasteiger partial charge in [0.2, 0.25) is 0 Å². The molecule has 0 saturated heterocycles. The van der Waals surface area contributed by atoms with Gasteiger partial charge in [-0.3, -0.25) is 4.79 Å². The minimum Gasteiger partial charge on any atom is -0.496 e. The molecular weight excluding hydrogens is 482 g/mol. The fourth-order valence-corrected chi connectivity index (χ4v) is 5.73. The molecule has 1 aliphatic heterocycles. The summed E-state index contributed by atoms with van der Waals surface area (Å²) in [6.45, 7) is 1.83. The predicted molar refractivity (Wildman–Crippen MR) is 140 cm³/mol. The number of para-hydroxylation sites is 1. The zero-order valence-electron chi connectivity index (χ0n) is 21.1. The van der Waals surface area contributed by atoms with Gasteiger partial charge in [0.05, 0.1) is 12.7 Å². The van der Waals surface area contributed by atoms with Gasteiger partial charge in [-0.15, -0.1) is 0 Å². The Balaban J connectivity index is 1.44. The maximum atomic E-state index is 13.9. The first-order valence-corrected chi connectivity index (χ1v) is 12.5. The summed E-state index contributed by atoms with van der Waals surface area (Å²) in [7, 11) is 1.64. The molecule has 4 aromatic rings. The number of benzene rings is 2. The first-order chi connectivity index (χ1) is 18.5. The van der Waals surface area contributed by atoms with Gasteiger partial charge >= 0.3 is 5.97 Å².